The Morgan fingerprint density at radius 1 is 1.06 bits per heavy atom. The molecule has 0 aliphatic carbocycles. The van der Waals surface area contributed by atoms with Crippen molar-refractivity contribution in [2.24, 2.45) is 0 Å². The van der Waals surface area contributed by atoms with E-state index in [1.807, 2.05) is 33.8 Å². The van der Waals surface area contributed by atoms with Crippen LogP contribution < -0.4 is 9.64 Å². The molecule has 0 spiro atoms. The Hall–Kier alpha value is -3.09. The zero-order chi connectivity index (χ0) is 22.1. The summed E-state index contributed by atoms with van der Waals surface area (Å²) >= 11 is 0. The summed E-state index contributed by atoms with van der Waals surface area (Å²) in [6, 6.07) is 10.2. The van der Waals surface area contributed by atoms with Crippen LogP contribution in [0.1, 0.15) is 55.7 Å². The molecule has 0 N–H and O–H groups in total. The van der Waals surface area contributed by atoms with Crippen molar-refractivity contribution < 1.29 is 9.53 Å². The van der Waals surface area contributed by atoms with Gasteiger partial charge in [0, 0.05) is 49.7 Å². The molecule has 0 bridgehead atoms. The number of carbonyl (C=O) groups excluding carboxylic acids is 1. The highest BCUT2D eigenvalue weighted by Crippen LogP contribution is 2.27. The first-order valence-electron chi connectivity index (χ1n) is 11.0. The summed E-state index contributed by atoms with van der Waals surface area (Å²) in [5, 5.41) is 5.35. The number of amides is 1. The number of anilines is 1. The van der Waals surface area contributed by atoms with Gasteiger partial charge in [-0.2, -0.15) is 5.10 Å². The van der Waals surface area contributed by atoms with Crippen LogP contribution in [0.15, 0.2) is 36.5 Å². The lowest BCUT2D eigenvalue weighted by Crippen LogP contribution is -2.48. The van der Waals surface area contributed by atoms with Crippen molar-refractivity contribution >= 4 is 22.6 Å². The van der Waals surface area contributed by atoms with E-state index < -0.39 is 0 Å². The molecule has 7 nitrogen and oxygen atoms in total. The predicted molar refractivity (Wildman–Crippen MR) is 123 cm³/mol. The average molecular weight is 422 g/mol. The van der Waals surface area contributed by atoms with Crippen LogP contribution in [0.2, 0.25) is 0 Å². The molecule has 0 atom stereocenters. The summed E-state index contributed by atoms with van der Waals surface area (Å²) in [7, 11) is 1.68. The zero-order valence-electron chi connectivity index (χ0n) is 19.0. The lowest BCUT2D eigenvalue weighted by molar-refractivity contribution is 0.0748. The van der Waals surface area contributed by atoms with Crippen molar-refractivity contribution in [3.8, 4) is 5.75 Å². The Morgan fingerprint density at radius 3 is 2.45 bits per heavy atom. The van der Waals surface area contributed by atoms with Crippen LogP contribution >= 0.6 is 0 Å². The second-order valence-corrected chi connectivity index (χ2v) is 8.65. The van der Waals surface area contributed by atoms with Crippen molar-refractivity contribution in [1.29, 1.82) is 0 Å². The molecular formula is C24H31N5O2. The highest BCUT2D eigenvalue weighted by atomic mass is 16.5. The normalized spacial score (nSPS) is 14.7. The highest BCUT2D eigenvalue weighted by molar-refractivity contribution is 6.05. The molecule has 1 aliphatic rings. The minimum atomic E-state index is 0.0582. The fraction of sp³-hybridized carbons (Fsp3) is 0.458. The van der Waals surface area contributed by atoms with Crippen molar-refractivity contribution in [2.45, 2.75) is 39.7 Å². The summed E-state index contributed by atoms with van der Waals surface area (Å²) in [5.41, 5.74) is 3.54. The van der Waals surface area contributed by atoms with E-state index in [2.05, 4.69) is 43.8 Å². The predicted octanol–water partition coefficient (Wildman–Crippen LogP) is 4.11. The molecular weight excluding hydrogens is 390 g/mol. The zero-order valence-corrected chi connectivity index (χ0v) is 19.0. The molecule has 1 saturated heterocycles. The molecule has 1 fully saturated rings. The van der Waals surface area contributed by atoms with Gasteiger partial charge in [-0.25, -0.2) is 9.67 Å². The molecule has 0 unspecified atom stereocenters. The molecule has 7 heteroatoms. The Morgan fingerprint density at radius 2 is 1.81 bits per heavy atom. The third-order valence-electron chi connectivity index (χ3n) is 5.88. The van der Waals surface area contributed by atoms with Crippen LogP contribution in [0, 0.1) is 0 Å². The lowest BCUT2D eigenvalue weighted by atomic mass is 10.0. The first-order chi connectivity index (χ1) is 14.9. The number of aromatic nitrogens is 3. The number of pyridine rings is 1. The number of rotatable bonds is 5. The van der Waals surface area contributed by atoms with E-state index in [1.54, 1.807) is 13.3 Å². The van der Waals surface area contributed by atoms with Gasteiger partial charge >= 0.3 is 0 Å². The Labute approximate surface area is 183 Å². The van der Waals surface area contributed by atoms with E-state index in [0.717, 1.165) is 41.3 Å². The molecule has 2 aromatic heterocycles. The molecule has 164 valence electrons. The molecule has 4 rings (SSSR count). The summed E-state index contributed by atoms with van der Waals surface area (Å²) in [6.07, 6.45) is 1.78. The SMILES string of the molecule is COc1cccc(N2CCN(C(=O)c3cc(C(C)C)nc4c3cnn4C(C)C)CC2)c1. The summed E-state index contributed by atoms with van der Waals surface area (Å²) in [5.74, 6) is 1.14. The van der Waals surface area contributed by atoms with Gasteiger partial charge in [-0.3, -0.25) is 4.79 Å². The van der Waals surface area contributed by atoms with Gasteiger partial charge in [0.25, 0.3) is 5.91 Å². The van der Waals surface area contributed by atoms with Crippen molar-refractivity contribution in [3.63, 3.8) is 0 Å². The van der Waals surface area contributed by atoms with Crippen molar-refractivity contribution in [3.05, 3.63) is 47.8 Å². The minimum Gasteiger partial charge on any atom is -0.497 e. The van der Waals surface area contributed by atoms with Crippen LogP contribution in [0.4, 0.5) is 5.69 Å². The number of ether oxygens (including phenoxy) is 1. The van der Waals surface area contributed by atoms with Crippen molar-refractivity contribution in [2.75, 3.05) is 38.2 Å². The van der Waals surface area contributed by atoms with E-state index in [9.17, 15) is 4.79 Å². The van der Waals surface area contributed by atoms with Gasteiger partial charge in [0.2, 0.25) is 0 Å². The topological polar surface area (TPSA) is 63.5 Å². The standard InChI is InChI=1S/C24H31N5O2/c1-16(2)22-14-20(21-15-25-29(17(3)4)23(21)26-22)24(30)28-11-9-27(10-12-28)18-7-6-8-19(13-18)31-5/h6-8,13-17H,9-12H2,1-5H3. The monoisotopic (exact) mass is 421 g/mol. The van der Waals surface area contributed by atoms with Gasteiger partial charge in [-0.15, -0.1) is 0 Å². The summed E-state index contributed by atoms with van der Waals surface area (Å²) in [6.45, 7) is 11.3. The lowest BCUT2D eigenvalue weighted by Gasteiger charge is -2.36. The molecule has 3 heterocycles. The summed E-state index contributed by atoms with van der Waals surface area (Å²) in [4.78, 5) is 22.6. The number of nitrogens with zero attached hydrogens (tertiary/aromatic N) is 5. The number of fused-ring (bicyclic) bond motifs is 1. The summed E-state index contributed by atoms with van der Waals surface area (Å²) < 4.78 is 7.25. The minimum absolute atomic E-state index is 0.0582. The quantitative estimate of drug-likeness (QED) is 0.620. The van der Waals surface area contributed by atoms with Crippen LogP contribution in [-0.2, 0) is 0 Å². The van der Waals surface area contributed by atoms with Gasteiger partial charge in [0.15, 0.2) is 5.65 Å². The smallest absolute Gasteiger partial charge is 0.254 e. The second-order valence-electron chi connectivity index (χ2n) is 8.65. The highest BCUT2D eigenvalue weighted by Gasteiger charge is 2.26. The van der Waals surface area contributed by atoms with E-state index in [1.165, 1.54) is 0 Å². The van der Waals surface area contributed by atoms with E-state index in [0.29, 0.717) is 18.7 Å². The fourth-order valence-electron chi connectivity index (χ4n) is 4.03. The van der Waals surface area contributed by atoms with Crippen LogP contribution in [0.3, 0.4) is 0 Å². The van der Waals surface area contributed by atoms with Gasteiger partial charge in [-0.1, -0.05) is 19.9 Å². The third-order valence-corrected chi connectivity index (χ3v) is 5.88. The molecule has 0 saturated carbocycles. The fourth-order valence-corrected chi connectivity index (χ4v) is 4.03. The first kappa shape index (κ1) is 21.2. The molecule has 1 aliphatic heterocycles. The maximum atomic E-state index is 13.5. The van der Waals surface area contributed by atoms with Crippen molar-refractivity contribution in [1.82, 2.24) is 19.7 Å². The van der Waals surface area contributed by atoms with E-state index in [4.69, 9.17) is 9.72 Å². The Balaban J connectivity index is 1.58. The van der Waals surface area contributed by atoms with Gasteiger partial charge < -0.3 is 14.5 Å². The van der Waals surface area contributed by atoms with E-state index in [-0.39, 0.29) is 17.9 Å². The molecule has 3 aromatic rings. The number of benzene rings is 1. The molecule has 0 radical (unpaired) electrons. The number of methoxy groups -OCH3 is 1. The Bertz CT molecular complexity index is 1080. The number of hydrogen-bond acceptors (Lipinski definition) is 5. The van der Waals surface area contributed by atoms with Crippen LogP contribution in [-0.4, -0.2) is 58.9 Å². The molecule has 1 amide bonds. The maximum absolute atomic E-state index is 13.5. The second kappa shape index (κ2) is 8.57. The Kier molecular flexibility index (Phi) is 5.85. The first-order valence-corrected chi connectivity index (χ1v) is 11.0. The number of hydrogen-bond donors (Lipinski definition) is 0. The van der Waals surface area contributed by atoms with Crippen LogP contribution in [0.25, 0.3) is 11.0 Å². The third kappa shape index (κ3) is 4.09. The number of piperazine rings is 1. The molecule has 1 aromatic carbocycles. The van der Waals surface area contributed by atoms with E-state index >= 15 is 0 Å². The number of carbonyl (C=O) groups is 1. The van der Waals surface area contributed by atoms with Gasteiger partial charge in [-0.05, 0) is 38.0 Å². The maximum Gasteiger partial charge on any atom is 0.254 e. The van der Waals surface area contributed by atoms with Gasteiger partial charge in [0.1, 0.15) is 5.75 Å². The average Bonchev–Trinajstić information content (AvgIpc) is 3.22. The largest absolute Gasteiger partial charge is 0.497 e. The van der Waals surface area contributed by atoms with Crippen LogP contribution in [0.5, 0.6) is 5.75 Å². The van der Waals surface area contributed by atoms with Gasteiger partial charge in [0.05, 0.1) is 24.3 Å². The molecule has 31 heavy (non-hydrogen) atoms.